The number of anilines is 1. The van der Waals surface area contributed by atoms with Crippen molar-refractivity contribution < 1.29 is 9.53 Å². The fraction of sp³-hybridized carbons (Fsp3) is 0.259. The van der Waals surface area contributed by atoms with Crippen molar-refractivity contribution in [2.45, 2.75) is 30.4 Å². The zero-order chi connectivity index (χ0) is 25.9. The van der Waals surface area contributed by atoms with E-state index in [2.05, 4.69) is 28.7 Å². The number of hydrogen-bond acceptors (Lipinski definition) is 7. The zero-order valence-electron chi connectivity index (χ0n) is 20.4. The highest BCUT2D eigenvalue weighted by Gasteiger charge is 2.28. The van der Waals surface area contributed by atoms with Crippen LogP contribution in [0.3, 0.4) is 0 Å². The third kappa shape index (κ3) is 5.14. The van der Waals surface area contributed by atoms with Crippen LogP contribution >= 0.6 is 23.4 Å². The molecule has 1 atom stereocenters. The van der Waals surface area contributed by atoms with Gasteiger partial charge in [0.2, 0.25) is 5.91 Å². The Morgan fingerprint density at radius 3 is 2.95 bits per heavy atom. The summed E-state index contributed by atoms with van der Waals surface area (Å²) in [4.78, 5) is 23.9. The van der Waals surface area contributed by atoms with Gasteiger partial charge in [0.25, 0.3) is 0 Å². The number of piperidine rings is 1. The van der Waals surface area contributed by atoms with Crippen LogP contribution in [0.5, 0.6) is 5.75 Å². The smallest absolute Gasteiger partial charge is 0.246 e. The molecule has 2 aromatic heterocycles. The number of nitrogens with two attached hydrogens (primary N) is 1. The molecule has 4 aromatic rings. The van der Waals surface area contributed by atoms with Gasteiger partial charge in [-0.25, -0.2) is 14.6 Å². The predicted octanol–water partition coefficient (Wildman–Crippen LogP) is 5.38. The first kappa shape index (κ1) is 25.1. The third-order valence-electron chi connectivity index (χ3n) is 6.48. The minimum atomic E-state index is -0.0851. The molecule has 1 fully saturated rings. The van der Waals surface area contributed by atoms with Crippen molar-refractivity contribution in [3.63, 3.8) is 0 Å². The van der Waals surface area contributed by atoms with E-state index < -0.39 is 0 Å². The van der Waals surface area contributed by atoms with Gasteiger partial charge in [0.15, 0.2) is 5.65 Å². The van der Waals surface area contributed by atoms with Crippen LogP contribution in [0, 0.1) is 0 Å². The number of halogens is 1. The fourth-order valence-electron chi connectivity index (χ4n) is 4.62. The molecule has 1 aliphatic heterocycles. The number of rotatable bonds is 7. The number of amides is 1. The second kappa shape index (κ2) is 10.8. The molecule has 3 heterocycles. The van der Waals surface area contributed by atoms with E-state index in [0.717, 1.165) is 24.0 Å². The zero-order valence-corrected chi connectivity index (χ0v) is 22.0. The summed E-state index contributed by atoms with van der Waals surface area (Å²) in [6, 6.07) is 13.7. The van der Waals surface area contributed by atoms with Gasteiger partial charge >= 0.3 is 0 Å². The molecule has 1 aliphatic rings. The minimum absolute atomic E-state index is 0.0432. The Labute approximate surface area is 224 Å². The number of benzene rings is 2. The molecular weight excluding hydrogens is 508 g/mol. The highest BCUT2D eigenvalue weighted by atomic mass is 35.5. The van der Waals surface area contributed by atoms with E-state index in [0.29, 0.717) is 53.0 Å². The van der Waals surface area contributed by atoms with Crippen molar-refractivity contribution in [1.82, 2.24) is 24.6 Å². The fourth-order valence-corrected chi connectivity index (χ4v) is 5.34. The molecule has 0 bridgehead atoms. The average molecular weight is 535 g/mol. The highest BCUT2D eigenvalue weighted by Crippen LogP contribution is 2.37. The van der Waals surface area contributed by atoms with Crippen molar-refractivity contribution in [2.24, 2.45) is 0 Å². The van der Waals surface area contributed by atoms with E-state index in [1.165, 1.54) is 17.3 Å². The van der Waals surface area contributed by atoms with Gasteiger partial charge in [-0.2, -0.15) is 5.10 Å². The lowest BCUT2D eigenvalue weighted by Crippen LogP contribution is -2.40. The first-order chi connectivity index (χ1) is 18.0. The monoisotopic (exact) mass is 534 g/mol. The van der Waals surface area contributed by atoms with Crippen LogP contribution in [0.15, 0.2) is 66.3 Å². The van der Waals surface area contributed by atoms with Gasteiger partial charge in [-0.15, -0.1) is 11.8 Å². The van der Waals surface area contributed by atoms with Crippen molar-refractivity contribution in [3.05, 3.63) is 72.0 Å². The molecule has 1 unspecified atom stereocenters. The highest BCUT2D eigenvalue weighted by molar-refractivity contribution is 7.98. The van der Waals surface area contributed by atoms with E-state index >= 15 is 0 Å². The van der Waals surface area contributed by atoms with E-state index in [1.54, 1.807) is 16.7 Å². The maximum atomic E-state index is 12.2. The van der Waals surface area contributed by atoms with Gasteiger partial charge in [0.1, 0.15) is 30.2 Å². The lowest BCUT2D eigenvalue weighted by molar-refractivity contribution is -0.127. The number of aromatic nitrogens is 4. The van der Waals surface area contributed by atoms with Crippen LogP contribution < -0.4 is 10.5 Å². The maximum absolute atomic E-state index is 12.2. The van der Waals surface area contributed by atoms with Gasteiger partial charge < -0.3 is 15.4 Å². The van der Waals surface area contributed by atoms with Gasteiger partial charge in [0, 0.05) is 23.5 Å². The SMILES string of the molecule is C=CC(=O)N1CCCC(n2nc(-c3ccc(OCc4cccc(SC)c4)c(Cl)c3)c3c(N)ncnc32)C1. The summed E-state index contributed by atoms with van der Waals surface area (Å²) in [6.45, 7) is 5.25. The summed E-state index contributed by atoms with van der Waals surface area (Å²) in [5, 5.41) is 6.05. The maximum Gasteiger partial charge on any atom is 0.246 e. The number of thioether (sulfide) groups is 1. The molecule has 0 saturated carbocycles. The molecule has 0 radical (unpaired) electrons. The Kier molecular flexibility index (Phi) is 7.34. The largest absolute Gasteiger partial charge is 0.487 e. The summed E-state index contributed by atoms with van der Waals surface area (Å²) in [5.41, 5.74) is 9.41. The van der Waals surface area contributed by atoms with E-state index in [-0.39, 0.29) is 11.9 Å². The number of carbonyl (C=O) groups excluding carboxylic acids is 1. The van der Waals surface area contributed by atoms with E-state index in [1.807, 2.05) is 41.3 Å². The molecule has 0 spiro atoms. The van der Waals surface area contributed by atoms with Crippen molar-refractivity contribution in [3.8, 4) is 17.0 Å². The van der Waals surface area contributed by atoms with Crippen molar-refractivity contribution >= 4 is 46.1 Å². The first-order valence-electron chi connectivity index (χ1n) is 11.9. The molecule has 2 N–H and O–H groups in total. The average Bonchev–Trinajstić information content (AvgIpc) is 3.33. The topological polar surface area (TPSA) is 99.2 Å². The van der Waals surface area contributed by atoms with Crippen molar-refractivity contribution in [1.29, 1.82) is 0 Å². The molecule has 0 aliphatic carbocycles. The van der Waals surface area contributed by atoms with Gasteiger partial charge in [0.05, 0.1) is 16.5 Å². The summed E-state index contributed by atoms with van der Waals surface area (Å²) in [5.74, 6) is 0.836. The van der Waals surface area contributed by atoms with E-state index in [4.69, 9.17) is 27.2 Å². The Morgan fingerprint density at radius 2 is 2.16 bits per heavy atom. The summed E-state index contributed by atoms with van der Waals surface area (Å²) in [7, 11) is 0. The van der Waals surface area contributed by atoms with Crippen LogP contribution in [-0.4, -0.2) is 49.9 Å². The number of nitrogens with zero attached hydrogens (tertiary/aromatic N) is 5. The van der Waals surface area contributed by atoms with Crippen LogP contribution in [0.2, 0.25) is 5.02 Å². The van der Waals surface area contributed by atoms with Crippen LogP contribution in [0.25, 0.3) is 22.3 Å². The summed E-state index contributed by atoms with van der Waals surface area (Å²) >= 11 is 8.33. The van der Waals surface area contributed by atoms with E-state index in [9.17, 15) is 4.79 Å². The van der Waals surface area contributed by atoms with Crippen LogP contribution in [0.1, 0.15) is 24.4 Å². The van der Waals surface area contributed by atoms with Crippen LogP contribution in [0.4, 0.5) is 5.82 Å². The quantitative estimate of drug-likeness (QED) is 0.251. The lowest BCUT2D eigenvalue weighted by Gasteiger charge is -2.32. The predicted molar refractivity (Wildman–Crippen MR) is 148 cm³/mol. The summed E-state index contributed by atoms with van der Waals surface area (Å²) < 4.78 is 7.87. The number of hydrogen-bond donors (Lipinski definition) is 1. The van der Waals surface area contributed by atoms with Gasteiger partial charge in [-0.3, -0.25) is 4.79 Å². The normalized spacial score (nSPS) is 15.6. The second-order valence-electron chi connectivity index (χ2n) is 8.82. The molecule has 1 amide bonds. The number of nitrogen functional groups attached to an aromatic ring is 1. The number of likely N-dealkylation sites (tertiary alicyclic amines) is 1. The Balaban J connectivity index is 1.45. The Hall–Kier alpha value is -3.56. The third-order valence-corrected chi connectivity index (χ3v) is 7.50. The van der Waals surface area contributed by atoms with Crippen molar-refractivity contribution in [2.75, 3.05) is 25.1 Å². The minimum Gasteiger partial charge on any atom is -0.487 e. The molecule has 10 heteroatoms. The molecule has 8 nitrogen and oxygen atoms in total. The number of ether oxygens (including phenoxy) is 1. The van der Waals surface area contributed by atoms with Gasteiger partial charge in [-0.05, 0) is 61.1 Å². The van der Waals surface area contributed by atoms with Crippen LogP contribution in [-0.2, 0) is 11.4 Å². The lowest BCUT2D eigenvalue weighted by atomic mass is 10.1. The molecule has 190 valence electrons. The Morgan fingerprint density at radius 1 is 1.30 bits per heavy atom. The molecule has 2 aromatic carbocycles. The second-order valence-corrected chi connectivity index (χ2v) is 10.1. The molecule has 5 rings (SSSR count). The first-order valence-corrected chi connectivity index (χ1v) is 13.5. The molecular formula is C27H27ClN6O2S. The summed E-state index contributed by atoms with van der Waals surface area (Å²) in [6.07, 6.45) is 6.56. The number of fused-ring (bicyclic) bond motifs is 1. The Bertz CT molecular complexity index is 1470. The van der Waals surface area contributed by atoms with Gasteiger partial charge in [-0.1, -0.05) is 30.3 Å². The molecule has 1 saturated heterocycles. The number of carbonyl (C=O) groups is 1. The molecule has 37 heavy (non-hydrogen) atoms. The standard InChI is InChI=1S/C27H27ClN6O2S/c1-3-23(35)33-11-5-7-19(14-33)34-27-24(26(29)30-16-31-27)25(32-34)18-9-10-22(21(28)13-18)36-15-17-6-4-8-20(12-17)37-2/h3-4,6,8-10,12-13,16,19H,1,5,7,11,14-15H2,2H3,(H2,29,30,31).